The molecule has 1 aromatic rings. The van der Waals surface area contributed by atoms with Crippen molar-refractivity contribution in [3.05, 3.63) is 35.4 Å². The molecule has 0 unspecified atom stereocenters. The lowest BCUT2D eigenvalue weighted by atomic mass is 10.1. The van der Waals surface area contributed by atoms with Crippen LogP contribution in [0.2, 0.25) is 0 Å². The Kier molecular flexibility index (Phi) is 12.5. The van der Waals surface area contributed by atoms with E-state index in [4.69, 9.17) is 9.47 Å². The predicted octanol–water partition coefficient (Wildman–Crippen LogP) is 5.55. The zero-order valence-electron chi connectivity index (χ0n) is 16.7. The molecule has 0 N–H and O–H groups in total. The highest BCUT2D eigenvalue weighted by molar-refractivity contribution is 5.95. The number of carbonyl (C=O) groups is 2. The maximum atomic E-state index is 12.0. The largest absolute Gasteiger partial charge is 0.462 e. The lowest BCUT2D eigenvalue weighted by molar-refractivity contribution is 0.0526. The summed E-state index contributed by atoms with van der Waals surface area (Å²) in [5.74, 6) is 5.00. The summed E-state index contributed by atoms with van der Waals surface area (Å²) in [6.07, 6.45) is 11.1. The molecule has 0 aliphatic carbocycles. The summed E-state index contributed by atoms with van der Waals surface area (Å²) >= 11 is 0. The van der Waals surface area contributed by atoms with Crippen LogP contribution in [0.4, 0.5) is 0 Å². The van der Waals surface area contributed by atoms with Gasteiger partial charge in [0.25, 0.3) is 0 Å². The van der Waals surface area contributed by atoms with Crippen LogP contribution in [0.3, 0.4) is 0 Å². The molecule has 1 rings (SSSR count). The topological polar surface area (TPSA) is 52.6 Å². The number of esters is 2. The van der Waals surface area contributed by atoms with E-state index in [2.05, 4.69) is 18.8 Å². The molecule has 0 aliphatic rings. The molecule has 0 spiro atoms. The van der Waals surface area contributed by atoms with E-state index >= 15 is 0 Å². The summed E-state index contributed by atoms with van der Waals surface area (Å²) in [6, 6.07) is 6.34. The molecule has 0 radical (unpaired) electrons. The minimum absolute atomic E-state index is 0.0689. The quantitative estimate of drug-likeness (QED) is 0.274. The van der Waals surface area contributed by atoms with Crippen LogP contribution >= 0.6 is 0 Å². The highest BCUT2D eigenvalue weighted by atomic mass is 16.5. The zero-order chi connectivity index (χ0) is 19.7. The Bertz CT molecular complexity index is 625. The fourth-order valence-electron chi connectivity index (χ4n) is 2.66. The first kappa shape index (κ1) is 22.8. The molecule has 0 saturated carbocycles. The molecule has 0 atom stereocenters. The first-order chi connectivity index (χ1) is 13.2. The monoisotopic (exact) mass is 372 g/mol. The molecule has 0 aliphatic heterocycles. The second-order valence-corrected chi connectivity index (χ2v) is 6.46. The second-order valence-electron chi connectivity index (χ2n) is 6.46. The molecule has 0 saturated heterocycles. The van der Waals surface area contributed by atoms with Gasteiger partial charge in [0.2, 0.25) is 0 Å². The lowest BCUT2D eigenvalue weighted by Gasteiger charge is -2.04. The Morgan fingerprint density at radius 1 is 0.815 bits per heavy atom. The molecule has 0 fully saturated rings. The van der Waals surface area contributed by atoms with Gasteiger partial charge >= 0.3 is 11.9 Å². The number of benzene rings is 1. The van der Waals surface area contributed by atoms with Crippen LogP contribution in [0, 0.1) is 11.8 Å². The molecule has 0 bridgehead atoms. The van der Waals surface area contributed by atoms with Crippen molar-refractivity contribution in [2.45, 2.75) is 71.6 Å². The number of carbonyl (C=O) groups excluding carboxylic acids is 2. The van der Waals surface area contributed by atoms with E-state index in [-0.39, 0.29) is 6.61 Å². The van der Waals surface area contributed by atoms with Crippen LogP contribution < -0.4 is 0 Å². The number of rotatable bonds is 12. The van der Waals surface area contributed by atoms with Crippen molar-refractivity contribution in [2.75, 3.05) is 13.2 Å². The van der Waals surface area contributed by atoms with E-state index in [9.17, 15) is 9.59 Å². The van der Waals surface area contributed by atoms with Crippen molar-refractivity contribution >= 4 is 11.9 Å². The third kappa shape index (κ3) is 10.5. The SMILES string of the molecule is CCCCCCCCCCC#CCOC(=O)c1cccc(C(=O)OCC)c1. The molecule has 4 nitrogen and oxygen atoms in total. The van der Waals surface area contributed by atoms with Crippen LogP contribution in [0.1, 0.15) is 92.4 Å². The van der Waals surface area contributed by atoms with Crippen molar-refractivity contribution in [1.82, 2.24) is 0 Å². The summed E-state index contributed by atoms with van der Waals surface area (Å²) in [5.41, 5.74) is 0.664. The predicted molar refractivity (Wildman–Crippen MR) is 108 cm³/mol. The fraction of sp³-hybridized carbons (Fsp3) is 0.565. The molecular formula is C23H32O4. The van der Waals surface area contributed by atoms with Crippen molar-refractivity contribution in [3.63, 3.8) is 0 Å². The van der Waals surface area contributed by atoms with Crippen molar-refractivity contribution in [2.24, 2.45) is 0 Å². The standard InChI is InChI=1S/C23H32O4/c1-3-5-6-7-8-9-10-11-12-13-14-18-27-23(25)21-17-15-16-20(19-21)22(24)26-4-2/h15-17,19H,3-12,18H2,1-2H3. The Balaban J connectivity index is 2.20. The summed E-state index contributed by atoms with van der Waals surface area (Å²) in [5, 5.41) is 0. The molecule has 27 heavy (non-hydrogen) atoms. The molecule has 0 aromatic heterocycles. The molecule has 0 amide bonds. The molecular weight excluding hydrogens is 340 g/mol. The van der Waals surface area contributed by atoms with Crippen molar-refractivity contribution < 1.29 is 19.1 Å². The van der Waals surface area contributed by atoms with Gasteiger partial charge in [-0.25, -0.2) is 9.59 Å². The third-order valence-corrected chi connectivity index (χ3v) is 4.17. The van der Waals surface area contributed by atoms with Gasteiger partial charge < -0.3 is 9.47 Å². The van der Waals surface area contributed by atoms with E-state index in [1.54, 1.807) is 25.1 Å². The highest BCUT2D eigenvalue weighted by Gasteiger charge is 2.11. The summed E-state index contributed by atoms with van der Waals surface area (Å²) < 4.78 is 10.1. The smallest absolute Gasteiger partial charge is 0.339 e. The van der Waals surface area contributed by atoms with Gasteiger partial charge in [0.15, 0.2) is 6.61 Å². The molecule has 148 valence electrons. The molecule has 4 heteroatoms. The number of ether oxygens (including phenoxy) is 2. The average Bonchev–Trinajstić information content (AvgIpc) is 2.69. The van der Waals surface area contributed by atoms with E-state index in [0.717, 1.165) is 12.8 Å². The second kappa shape index (κ2) is 14.8. The van der Waals surface area contributed by atoms with Crippen LogP contribution in [-0.2, 0) is 9.47 Å². The normalized spacial score (nSPS) is 10.0. The van der Waals surface area contributed by atoms with Gasteiger partial charge in [0, 0.05) is 6.42 Å². The number of hydrogen-bond acceptors (Lipinski definition) is 4. The minimum atomic E-state index is -0.484. The van der Waals surface area contributed by atoms with Gasteiger partial charge in [-0.05, 0) is 31.5 Å². The maximum Gasteiger partial charge on any atom is 0.339 e. The van der Waals surface area contributed by atoms with Gasteiger partial charge in [-0.3, -0.25) is 0 Å². The third-order valence-electron chi connectivity index (χ3n) is 4.17. The highest BCUT2D eigenvalue weighted by Crippen LogP contribution is 2.10. The zero-order valence-corrected chi connectivity index (χ0v) is 16.7. The van der Waals surface area contributed by atoms with Crippen LogP contribution in [0.25, 0.3) is 0 Å². The van der Waals surface area contributed by atoms with Gasteiger partial charge in [-0.15, -0.1) is 0 Å². The van der Waals surface area contributed by atoms with E-state index in [0.29, 0.717) is 17.7 Å². The lowest BCUT2D eigenvalue weighted by Crippen LogP contribution is -2.09. The van der Waals surface area contributed by atoms with Crippen molar-refractivity contribution in [1.29, 1.82) is 0 Å². The minimum Gasteiger partial charge on any atom is -0.462 e. The van der Waals surface area contributed by atoms with Gasteiger partial charge in [-0.2, -0.15) is 0 Å². The van der Waals surface area contributed by atoms with Gasteiger partial charge in [0.05, 0.1) is 17.7 Å². The first-order valence-corrected chi connectivity index (χ1v) is 10.1. The van der Waals surface area contributed by atoms with E-state index in [1.807, 2.05) is 0 Å². The Morgan fingerprint density at radius 3 is 2.04 bits per heavy atom. The maximum absolute atomic E-state index is 12.0. The van der Waals surface area contributed by atoms with E-state index < -0.39 is 11.9 Å². The summed E-state index contributed by atoms with van der Waals surface area (Å²) in [7, 11) is 0. The van der Waals surface area contributed by atoms with Crippen LogP contribution in [0.15, 0.2) is 24.3 Å². The summed E-state index contributed by atoms with van der Waals surface area (Å²) in [4.78, 5) is 23.7. The Hall–Kier alpha value is -2.28. The van der Waals surface area contributed by atoms with Gasteiger partial charge in [0.1, 0.15) is 0 Å². The van der Waals surface area contributed by atoms with Crippen molar-refractivity contribution in [3.8, 4) is 11.8 Å². The first-order valence-electron chi connectivity index (χ1n) is 10.1. The molecule has 0 heterocycles. The number of hydrogen-bond donors (Lipinski definition) is 0. The van der Waals surface area contributed by atoms with E-state index in [1.165, 1.54) is 51.0 Å². The van der Waals surface area contributed by atoms with Crippen LogP contribution in [-0.4, -0.2) is 25.2 Å². The number of unbranched alkanes of at least 4 members (excludes halogenated alkanes) is 8. The average molecular weight is 373 g/mol. The molecule has 1 aromatic carbocycles. The Labute approximate surface area is 163 Å². The Morgan fingerprint density at radius 2 is 1.41 bits per heavy atom. The summed E-state index contributed by atoms with van der Waals surface area (Å²) in [6.45, 7) is 4.33. The fourth-order valence-corrected chi connectivity index (χ4v) is 2.66. The van der Waals surface area contributed by atoms with Gasteiger partial charge in [-0.1, -0.05) is 69.8 Å². The van der Waals surface area contributed by atoms with Crippen LogP contribution in [0.5, 0.6) is 0 Å².